The van der Waals surface area contributed by atoms with Crippen molar-refractivity contribution in [2.75, 3.05) is 7.05 Å². The van der Waals surface area contributed by atoms with Crippen molar-refractivity contribution >= 4 is 23.2 Å². The first-order chi connectivity index (χ1) is 9.54. The number of likely N-dealkylation sites (tertiary alicyclic amines) is 1. The Morgan fingerprint density at radius 1 is 1.60 bits per heavy atom. The van der Waals surface area contributed by atoms with E-state index in [9.17, 15) is 9.59 Å². The van der Waals surface area contributed by atoms with Gasteiger partial charge in [-0.3, -0.25) is 9.59 Å². The molecule has 2 rings (SSSR count). The highest BCUT2D eigenvalue weighted by molar-refractivity contribution is 7.10. The van der Waals surface area contributed by atoms with Gasteiger partial charge < -0.3 is 10.2 Å². The van der Waals surface area contributed by atoms with Crippen molar-refractivity contribution in [3.8, 4) is 0 Å². The van der Waals surface area contributed by atoms with E-state index >= 15 is 0 Å². The zero-order valence-electron chi connectivity index (χ0n) is 12.3. The second kappa shape index (κ2) is 6.39. The first kappa shape index (κ1) is 15.0. The van der Waals surface area contributed by atoms with E-state index < -0.39 is 0 Å². The van der Waals surface area contributed by atoms with Crippen molar-refractivity contribution in [2.24, 2.45) is 5.92 Å². The van der Waals surface area contributed by atoms with Crippen LogP contribution in [0.3, 0.4) is 0 Å². The molecule has 4 nitrogen and oxygen atoms in total. The maximum atomic E-state index is 12.5. The van der Waals surface area contributed by atoms with Gasteiger partial charge in [-0.05, 0) is 31.2 Å². The lowest BCUT2D eigenvalue weighted by Crippen LogP contribution is -2.47. The number of rotatable bonds is 4. The fraction of sp³-hybridized carbons (Fsp3) is 0.600. The second-order valence-corrected chi connectivity index (χ2v) is 6.41. The van der Waals surface area contributed by atoms with E-state index in [2.05, 4.69) is 12.2 Å². The van der Waals surface area contributed by atoms with E-state index in [0.717, 1.165) is 11.3 Å². The van der Waals surface area contributed by atoms with Crippen LogP contribution in [0.25, 0.3) is 0 Å². The van der Waals surface area contributed by atoms with Gasteiger partial charge in [0.1, 0.15) is 0 Å². The summed E-state index contributed by atoms with van der Waals surface area (Å²) in [5, 5.41) is 5.05. The van der Waals surface area contributed by atoms with Crippen molar-refractivity contribution in [1.29, 1.82) is 0 Å². The zero-order chi connectivity index (χ0) is 14.7. The summed E-state index contributed by atoms with van der Waals surface area (Å²) < 4.78 is 0. The molecule has 0 unspecified atom stereocenters. The molecule has 110 valence electrons. The number of piperidine rings is 1. The van der Waals surface area contributed by atoms with E-state index in [1.165, 1.54) is 0 Å². The second-order valence-electron chi connectivity index (χ2n) is 5.43. The van der Waals surface area contributed by atoms with Gasteiger partial charge in [0.15, 0.2) is 0 Å². The molecule has 0 aromatic carbocycles. The fourth-order valence-corrected chi connectivity index (χ4v) is 3.55. The molecule has 2 amide bonds. The summed E-state index contributed by atoms with van der Waals surface area (Å²) in [4.78, 5) is 27.2. The molecule has 1 fully saturated rings. The van der Waals surface area contributed by atoms with Gasteiger partial charge in [0.25, 0.3) is 0 Å². The van der Waals surface area contributed by atoms with Crippen LogP contribution in [0, 0.1) is 5.92 Å². The van der Waals surface area contributed by atoms with Crippen LogP contribution >= 0.6 is 11.3 Å². The molecule has 1 aliphatic rings. The van der Waals surface area contributed by atoms with Crippen LogP contribution in [0.1, 0.15) is 44.0 Å². The van der Waals surface area contributed by atoms with E-state index in [4.69, 9.17) is 0 Å². The Balaban J connectivity index is 2.21. The summed E-state index contributed by atoms with van der Waals surface area (Å²) in [5.41, 5.74) is 0. The molecule has 5 heteroatoms. The Kier molecular flexibility index (Phi) is 4.81. The average molecular weight is 294 g/mol. The number of carbonyl (C=O) groups is 2. The molecule has 1 aromatic heterocycles. The van der Waals surface area contributed by atoms with Crippen molar-refractivity contribution in [1.82, 2.24) is 10.2 Å². The van der Waals surface area contributed by atoms with Gasteiger partial charge in [0.05, 0.1) is 12.0 Å². The topological polar surface area (TPSA) is 49.4 Å². The third-order valence-electron chi connectivity index (χ3n) is 4.03. The van der Waals surface area contributed by atoms with Gasteiger partial charge in [-0.25, -0.2) is 0 Å². The summed E-state index contributed by atoms with van der Waals surface area (Å²) >= 11 is 1.61. The zero-order valence-corrected chi connectivity index (χ0v) is 13.1. The average Bonchev–Trinajstić information content (AvgIpc) is 2.95. The van der Waals surface area contributed by atoms with Gasteiger partial charge in [-0.15, -0.1) is 11.3 Å². The predicted octanol–water partition coefficient (Wildman–Crippen LogP) is 2.57. The highest BCUT2D eigenvalue weighted by atomic mass is 32.1. The number of amides is 2. The van der Waals surface area contributed by atoms with Crippen molar-refractivity contribution in [3.63, 3.8) is 0 Å². The number of nitrogens with zero attached hydrogens (tertiary/aromatic N) is 1. The van der Waals surface area contributed by atoms with Crippen LogP contribution in [-0.4, -0.2) is 29.8 Å². The fourth-order valence-electron chi connectivity index (χ4n) is 2.61. The monoisotopic (exact) mass is 294 g/mol. The maximum absolute atomic E-state index is 12.5. The SMILES string of the molecule is CC[C@H](C)NC(=O)[C@H]1CCC(=O)N(C)[C@@H]1c1cccs1. The largest absolute Gasteiger partial charge is 0.353 e. The van der Waals surface area contributed by atoms with Crippen molar-refractivity contribution in [2.45, 2.75) is 45.2 Å². The molecule has 1 N–H and O–H groups in total. The molecule has 0 saturated carbocycles. The van der Waals surface area contributed by atoms with Crippen LogP contribution in [0.15, 0.2) is 17.5 Å². The molecule has 1 aromatic rings. The molecule has 1 saturated heterocycles. The van der Waals surface area contributed by atoms with Gasteiger partial charge in [0, 0.05) is 24.4 Å². The van der Waals surface area contributed by atoms with Crippen LogP contribution in [0.2, 0.25) is 0 Å². The third kappa shape index (κ3) is 3.03. The van der Waals surface area contributed by atoms with Gasteiger partial charge in [0.2, 0.25) is 11.8 Å². The molecule has 0 bridgehead atoms. The summed E-state index contributed by atoms with van der Waals surface area (Å²) in [6.45, 7) is 4.06. The first-order valence-corrected chi connectivity index (χ1v) is 8.02. The molecular weight excluding hydrogens is 272 g/mol. The van der Waals surface area contributed by atoms with E-state index in [1.807, 2.05) is 24.4 Å². The molecule has 0 radical (unpaired) electrons. The molecule has 2 heterocycles. The summed E-state index contributed by atoms with van der Waals surface area (Å²) in [7, 11) is 1.80. The Morgan fingerprint density at radius 2 is 2.35 bits per heavy atom. The smallest absolute Gasteiger partial charge is 0.225 e. The quantitative estimate of drug-likeness (QED) is 0.928. The Labute approximate surface area is 124 Å². The molecule has 0 spiro atoms. The minimum atomic E-state index is -0.148. The van der Waals surface area contributed by atoms with Gasteiger partial charge in [-0.1, -0.05) is 13.0 Å². The summed E-state index contributed by atoms with van der Waals surface area (Å²) in [6.07, 6.45) is 2.00. The normalized spacial score (nSPS) is 24.6. The standard InChI is InChI=1S/C15H22N2O2S/c1-4-10(2)16-15(19)11-7-8-13(18)17(3)14(11)12-6-5-9-20-12/h5-6,9-11,14H,4,7-8H2,1-3H3,(H,16,19)/t10-,11-,14-/m0/s1. The molecule has 1 aliphatic heterocycles. The molecular formula is C15H22N2O2S. The number of nitrogens with one attached hydrogen (secondary N) is 1. The number of thiophene rings is 1. The Morgan fingerprint density at radius 3 is 2.95 bits per heavy atom. The lowest BCUT2D eigenvalue weighted by molar-refractivity contribution is -0.141. The van der Waals surface area contributed by atoms with Crippen LogP contribution in [0.4, 0.5) is 0 Å². The number of carbonyl (C=O) groups excluding carboxylic acids is 2. The van der Waals surface area contributed by atoms with E-state index in [-0.39, 0.29) is 29.8 Å². The molecule has 20 heavy (non-hydrogen) atoms. The highest BCUT2D eigenvalue weighted by Gasteiger charge is 2.39. The van der Waals surface area contributed by atoms with Gasteiger partial charge >= 0.3 is 0 Å². The minimum Gasteiger partial charge on any atom is -0.353 e. The highest BCUT2D eigenvalue weighted by Crippen LogP contribution is 2.37. The predicted molar refractivity (Wildman–Crippen MR) is 80.4 cm³/mol. The number of hydrogen-bond donors (Lipinski definition) is 1. The molecule has 0 aliphatic carbocycles. The lowest BCUT2D eigenvalue weighted by Gasteiger charge is -2.38. The summed E-state index contributed by atoms with van der Waals surface area (Å²) in [6, 6.07) is 4.03. The van der Waals surface area contributed by atoms with Crippen LogP contribution < -0.4 is 5.32 Å². The van der Waals surface area contributed by atoms with E-state index in [1.54, 1.807) is 23.3 Å². The van der Waals surface area contributed by atoms with Crippen molar-refractivity contribution in [3.05, 3.63) is 22.4 Å². The molecule has 3 atom stereocenters. The maximum Gasteiger partial charge on any atom is 0.225 e. The van der Waals surface area contributed by atoms with Gasteiger partial charge in [-0.2, -0.15) is 0 Å². The van der Waals surface area contributed by atoms with E-state index in [0.29, 0.717) is 12.8 Å². The summed E-state index contributed by atoms with van der Waals surface area (Å²) in [5.74, 6) is 0.0402. The third-order valence-corrected chi connectivity index (χ3v) is 4.98. The first-order valence-electron chi connectivity index (χ1n) is 7.14. The Hall–Kier alpha value is -1.36. The lowest BCUT2D eigenvalue weighted by atomic mass is 9.87. The van der Waals surface area contributed by atoms with Crippen molar-refractivity contribution < 1.29 is 9.59 Å². The van der Waals surface area contributed by atoms with Crippen LogP contribution in [-0.2, 0) is 9.59 Å². The van der Waals surface area contributed by atoms with Crippen LogP contribution in [0.5, 0.6) is 0 Å². The minimum absolute atomic E-state index is 0.0668. The Bertz CT molecular complexity index is 472. The number of hydrogen-bond acceptors (Lipinski definition) is 3.